The Kier molecular flexibility index (Phi) is 5.94. The lowest BCUT2D eigenvalue weighted by Crippen LogP contribution is -2.99. The molecule has 0 saturated carbocycles. The van der Waals surface area contributed by atoms with Crippen molar-refractivity contribution in [3.63, 3.8) is 0 Å². The number of amides is 4. The number of ether oxygens (including phenoxy) is 2. The van der Waals surface area contributed by atoms with Gasteiger partial charge in [-0.05, 0) is 55.2 Å². The molecule has 2 saturated heterocycles. The Labute approximate surface area is 214 Å². The molecule has 2 aromatic carbocycles. The highest BCUT2D eigenvalue weighted by atomic mass is 16.5. The number of quaternary nitrogens is 1. The number of methoxy groups -OCH3 is 2. The number of hydrogen-bond donors (Lipinski definition) is 3. The molecule has 0 radical (unpaired) electrons. The van der Waals surface area contributed by atoms with Crippen LogP contribution in [0.1, 0.15) is 28.7 Å². The van der Waals surface area contributed by atoms with Gasteiger partial charge in [0.05, 0.1) is 26.3 Å². The standard InChI is InChI=1S/C27H30N4O6/c1-13-5-7-16-23(14(13)2)29-26(35)27(16)22-21(17(30-27)12-20(28)32)24(33)31(25(22)34)10-9-15-6-8-18(36-3)19(11-15)37-4/h5-8,11,17,21-22,30H,9-10,12H2,1-4H3,(H2,28,32)(H,29,35)/p+1/t17-,21+,22-,27-/m0/s1. The van der Waals surface area contributed by atoms with E-state index < -0.39 is 35.2 Å². The maximum Gasteiger partial charge on any atom is 0.291 e. The third-order valence-electron chi connectivity index (χ3n) is 8.18. The fourth-order valence-corrected chi connectivity index (χ4v) is 6.26. The Morgan fingerprint density at radius 3 is 2.49 bits per heavy atom. The van der Waals surface area contributed by atoms with Crippen LogP contribution < -0.4 is 25.8 Å². The fourth-order valence-electron chi connectivity index (χ4n) is 6.26. The third-order valence-corrected chi connectivity index (χ3v) is 8.18. The van der Waals surface area contributed by atoms with Crippen LogP contribution in [-0.2, 0) is 31.1 Å². The van der Waals surface area contributed by atoms with Gasteiger partial charge in [0.15, 0.2) is 11.5 Å². The highest BCUT2D eigenvalue weighted by Gasteiger charge is 2.74. The molecule has 2 fully saturated rings. The molecule has 37 heavy (non-hydrogen) atoms. The summed E-state index contributed by atoms with van der Waals surface area (Å²) < 4.78 is 10.6. The highest BCUT2D eigenvalue weighted by molar-refractivity contribution is 6.14. The van der Waals surface area contributed by atoms with Gasteiger partial charge in [-0.15, -0.1) is 0 Å². The Balaban J connectivity index is 1.51. The molecule has 4 amide bonds. The smallest absolute Gasteiger partial charge is 0.291 e. The van der Waals surface area contributed by atoms with Gasteiger partial charge in [0.25, 0.3) is 5.91 Å². The summed E-state index contributed by atoms with van der Waals surface area (Å²) in [4.78, 5) is 54.3. The number of rotatable bonds is 7. The van der Waals surface area contributed by atoms with E-state index in [4.69, 9.17) is 15.2 Å². The number of nitrogens with two attached hydrogens (primary N) is 2. The molecule has 0 aliphatic carbocycles. The summed E-state index contributed by atoms with van der Waals surface area (Å²) in [5.74, 6) is -2.34. The van der Waals surface area contributed by atoms with Crippen molar-refractivity contribution in [2.45, 2.75) is 38.3 Å². The largest absolute Gasteiger partial charge is 0.493 e. The number of carbonyl (C=O) groups excluding carboxylic acids is 4. The first kappa shape index (κ1) is 24.8. The molecule has 5 rings (SSSR count). The van der Waals surface area contributed by atoms with Gasteiger partial charge < -0.3 is 25.8 Å². The number of benzene rings is 2. The van der Waals surface area contributed by atoms with Gasteiger partial charge in [-0.1, -0.05) is 12.1 Å². The molecule has 2 aromatic rings. The molecule has 3 heterocycles. The van der Waals surface area contributed by atoms with E-state index in [1.165, 1.54) is 4.90 Å². The topological polar surface area (TPSA) is 145 Å². The molecule has 3 aliphatic heterocycles. The molecule has 10 heteroatoms. The first-order valence-electron chi connectivity index (χ1n) is 12.3. The first-order chi connectivity index (χ1) is 17.6. The number of likely N-dealkylation sites (tertiary alicyclic amines) is 1. The number of imide groups is 1. The Morgan fingerprint density at radius 2 is 1.81 bits per heavy atom. The predicted octanol–water partition coefficient (Wildman–Crippen LogP) is 0.133. The van der Waals surface area contributed by atoms with Crippen LogP contribution >= 0.6 is 0 Å². The summed E-state index contributed by atoms with van der Waals surface area (Å²) in [7, 11) is 3.09. The van der Waals surface area contributed by atoms with Gasteiger partial charge >= 0.3 is 0 Å². The summed E-state index contributed by atoms with van der Waals surface area (Å²) in [5, 5.41) is 4.69. The number of hydrogen-bond acceptors (Lipinski definition) is 6. The molecule has 0 aromatic heterocycles. The van der Waals surface area contributed by atoms with Crippen LogP contribution in [0.5, 0.6) is 11.5 Å². The van der Waals surface area contributed by atoms with Crippen molar-refractivity contribution in [3.8, 4) is 11.5 Å². The lowest BCUT2D eigenvalue weighted by molar-refractivity contribution is -0.732. The van der Waals surface area contributed by atoms with Crippen molar-refractivity contribution in [2.24, 2.45) is 17.6 Å². The van der Waals surface area contributed by atoms with E-state index in [2.05, 4.69) is 5.32 Å². The average Bonchev–Trinajstić information content (AvgIpc) is 3.44. The molecular weight excluding hydrogens is 476 g/mol. The van der Waals surface area contributed by atoms with Gasteiger partial charge in [-0.2, -0.15) is 0 Å². The second kappa shape index (κ2) is 8.88. The molecule has 0 unspecified atom stereocenters. The summed E-state index contributed by atoms with van der Waals surface area (Å²) in [6, 6.07) is 8.57. The second-order valence-electron chi connectivity index (χ2n) is 10.0. The van der Waals surface area contributed by atoms with Crippen molar-refractivity contribution >= 4 is 29.3 Å². The van der Waals surface area contributed by atoms with Crippen LogP contribution in [0.15, 0.2) is 30.3 Å². The van der Waals surface area contributed by atoms with Crippen LogP contribution in [-0.4, -0.2) is 55.3 Å². The van der Waals surface area contributed by atoms with E-state index in [-0.39, 0.29) is 24.8 Å². The fraction of sp³-hybridized carbons (Fsp3) is 0.407. The van der Waals surface area contributed by atoms with E-state index in [1.807, 2.05) is 38.1 Å². The van der Waals surface area contributed by atoms with Crippen LogP contribution in [0.3, 0.4) is 0 Å². The summed E-state index contributed by atoms with van der Waals surface area (Å²) in [5.41, 5.74) is 8.31. The zero-order valence-corrected chi connectivity index (χ0v) is 21.3. The molecule has 0 bridgehead atoms. The van der Waals surface area contributed by atoms with E-state index in [0.717, 1.165) is 16.7 Å². The maximum atomic E-state index is 13.9. The van der Waals surface area contributed by atoms with Crippen LogP contribution in [0.4, 0.5) is 5.69 Å². The molecule has 5 N–H and O–H groups in total. The number of fused-ring (bicyclic) bond motifs is 4. The SMILES string of the molecule is COc1ccc(CCN2C(=O)[C@@H]3[C@H](CC(N)=O)[NH2+][C@]4(C(=O)Nc5c4ccc(C)c5C)[C@@H]3C2=O)cc1OC. The predicted molar refractivity (Wildman–Crippen MR) is 133 cm³/mol. The molecule has 4 atom stereocenters. The molecule has 3 aliphatic rings. The maximum absolute atomic E-state index is 13.9. The van der Waals surface area contributed by atoms with Crippen LogP contribution in [0.2, 0.25) is 0 Å². The third kappa shape index (κ3) is 3.58. The van der Waals surface area contributed by atoms with E-state index >= 15 is 0 Å². The summed E-state index contributed by atoms with van der Waals surface area (Å²) in [6.07, 6.45) is 0.286. The van der Waals surface area contributed by atoms with Gasteiger partial charge in [0.1, 0.15) is 17.9 Å². The van der Waals surface area contributed by atoms with Gasteiger partial charge in [-0.3, -0.25) is 24.1 Å². The number of carbonyl (C=O) groups is 4. The van der Waals surface area contributed by atoms with Gasteiger partial charge in [0, 0.05) is 12.1 Å². The second-order valence-corrected chi connectivity index (χ2v) is 10.0. The lowest BCUT2D eigenvalue weighted by atomic mass is 9.76. The lowest BCUT2D eigenvalue weighted by Gasteiger charge is -2.26. The summed E-state index contributed by atoms with van der Waals surface area (Å²) in [6.45, 7) is 4.00. The Bertz CT molecular complexity index is 1340. The number of anilines is 1. The monoisotopic (exact) mass is 507 g/mol. The van der Waals surface area contributed by atoms with E-state index in [0.29, 0.717) is 29.2 Å². The molecule has 194 valence electrons. The van der Waals surface area contributed by atoms with Gasteiger partial charge in [-0.25, -0.2) is 0 Å². The number of aryl methyl sites for hydroxylation is 1. The molecular formula is C27H31N4O6+. The molecule has 10 nitrogen and oxygen atoms in total. The zero-order valence-electron chi connectivity index (χ0n) is 21.3. The van der Waals surface area contributed by atoms with Crippen LogP contribution in [0, 0.1) is 25.7 Å². The Hall–Kier alpha value is -3.92. The minimum absolute atomic E-state index is 0.112. The normalized spacial score (nSPS) is 25.9. The van der Waals surface area contributed by atoms with E-state index in [1.54, 1.807) is 25.6 Å². The minimum Gasteiger partial charge on any atom is -0.493 e. The van der Waals surface area contributed by atoms with Crippen molar-refractivity contribution in [2.75, 3.05) is 26.1 Å². The summed E-state index contributed by atoms with van der Waals surface area (Å²) >= 11 is 0. The quantitative estimate of drug-likeness (QED) is 0.455. The number of primary amides is 1. The van der Waals surface area contributed by atoms with Crippen LogP contribution in [0.25, 0.3) is 0 Å². The minimum atomic E-state index is -1.33. The average molecular weight is 508 g/mol. The van der Waals surface area contributed by atoms with Gasteiger partial charge in [0.2, 0.25) is 23.3 Å². The van der Waals surface area contributed by atoms with Crippen molar-refractivity contribution in [1.29, 1.82) is 0 Å². The highest BCUT2D eigenvalue weighted by Crippen LogP contribution is 2.50. The van der Waals surface area contributed by atoms with Crippen molar-refractivity contribution in [3.05, 3.63) is 52.6 Å². The van der Waals surface area contributed by atoms with Crippen molar-refractivity contribution < 1.29 is 34.0 Å². The number of nitrogens with zero attached hydrogens (tertiary/aromatic N) is 1. The Morgan fingerprint density at radius 1 is 1.08 bits per heavy atom. The van der Waals surface area contributed by atoms with Crippen molar-refractivity contribution in [1.82, 2.24) is 4.90 Å². The molecule has 1 spiro atoms. The first-order valence-corrected chi connectivity index (χ1v) is 12.3. The van der Waals surface area contributed by atoms with E-state index in [9.17, 15) is 19.2 Å². The number of nitrogens with one attached hydrogen (secondary N) is 1. The zero-order chi connectivity index (χ0) is 26.6.